The minimum absolute atomic E-state index is 1.40. The maximum atomic E-state index is 4.90. The van der Waals surface area contributed by atoms with E-state index in [0.29, 0.717) is 0 Å². The first-order valence-electron chi connectivity index (χ1n) is 6.09. The third kappa shape index (κ3) is 45.9. The second kappa shape index (κ2) is 46.9. The van der Waals surface area contributed by atoms with Crippen LogP contribution in [0, 0.1) is 0 Å². The average Bonchev–Trinajstić information content (AvgIpc) is 2.89. The zero-order valence-electron chi connectivity index (χ0n) is 15.3. The normalized spacial score (nSPS) is 11.5. The van der Waals surface area contributed by atoms with Crippen LogP contribution in [0.15, 0.2) is 0 Å². The Balaban J connectivity index is 3.00. The lowest BCUT2D eigenvalue weighted by Crippen LogP contribution is -1.51. The van der Waals surface area contributed by atoms with E-state index in [1.165, 1.54) is 20.9 Å². The van der Waals surface area contributed by atoms with E-state index in [9.17, 15) is 0 Å². The molecule has 0 aromatic rings. The van der Waals surface area contributed by atoms with Crippen molar-refractivity contribution >= 4 is 337 Å². The first-order chi connectivity index (χ1) is 17.9. The summed E-state index contributed by atoms with van der Waals surface area (Å²) in [4.78, 5) is 0. The largest absolute Gasteiger partial charge is 0.308 e. The smallest absolute Gasteiger partial charge is 0.0746 e. The fourth-order valence-corrected chi connectivity index (χ4v) is 84.6. The van der Waals surface area contributed by atoms with E-state index in [1.807, 2.05) is 197 Å². The van der Waals surface area contributed by atoms with E-state index in [-0.39, 0.29) is 0 Å². The Morgan fingerprint density at radius 3 is 0.611 bits per heavy atom. The highest BCUT2D eigenvalue weighted by atomic mass is 34.1. The number of hydrogen-bond acceptors (Lipinski definition) is 35. The fourth-order valence-electron chi connectivity index (χ4n) is 0.380. The van der Waals surface area contributed by atoms with Crippen LogP contribution in [0.1, 0.15) is 0 Å². The molecule has 0 aliphatic heterocycles. The monoisotopic (exact) mass is 1120 g/mol. The van der Waals surface area contributed by atoms with Crippen molar-refractivity contribution in [3.05, 3.63) is 0 Å². The Morgan fingerprint density at radius 1 is 0.278 bits per heavy atom. The molecule has 218 valence electrons. The SMILES string of the molecule is COSSSSSSSSSSSSSSSSSSSSSSSSSSSSSSSSSS. The second-order valence-corrected chi connectivity index (χ2v) is 60.1. The average molecular weight is 1120 g/mol. The fraction of sp³-hybridized carbons (Fsp3) is 1.00. The molecule has 0 aromatic carbocycles. The molecular formula is CH4OS34. The zero-order chi connectivity index (χ0) is 26.0. The van der Waals surface area contributed by atoms with Crippen molar-refractivity contribution in [2.24, 2.45) is 0 Å². The molecule has 0 saturated heterocycles. The van der Waals surface area contributed by atoms with Crippen molar-refractivity contribution in [1.29, 1.82) is 0 Å². The third-order valence-electron chi connectivity index (χ3n) is 0.960. The molecule has 0 fully saturated rings. The van der Waals surface area contributed by atoms with Gasteiger partial charge in [-0.25, -0.2) is 0 Å². The molecule has 0 aromatic heterocycles. The molecule has 0 radical (unpaired) electrons. The minimum atomic E-state index is 1.40. The van der Waals surface area contributed by atoms with Crippen molar-refractivity contribution in [3.63, 3.8) is 0 Å². The van der Waals surface area contributed by atoms with Gasteiger partial charge in [0.25, 0.3) is 0 Å². The first kappa shape index (κ1) is 47.9. The van der Waals surface area contributed by atoms with Gasteiger partial charge in [-0.05, 0) is 78.6 Å². The number of thiol groups is 1. The van der Waals surface area contributed by atoms with E-state index in [4.69, 9.17) is 4.18 Å². The summed E-state index contributed by atoms with van der Waals surface area (Å²) in [5.41, 5.74) is 0. The van der Waals surface area contributed by atoms with Gasteiger partial charge in [-0.15, -0.1) is 0 Å². The van der Waals surface area contributed by atoms with E-state index in [1.54, 1.807) is 115 Å². The number of hydrogen-bond donors (Lipinski definition) is 1. The van der Waals surface area contributed by atoms with Gasteiger partial charge in [-0.3, -0.25) is 0 Å². The van der Waals surface area contributed by atoms with Crippen LogP contribution in [0.5, 0.6) is 0 Å². The van der Waals surface area contributed by atoms with Gasteiger partial charge in [0.1, 0.15) is 0 Å². The molecule has 1 nitrogen and oxygen atoms in total. The zero-order valence-corrected chi connectivity index (χ0v) is 43.2. The first-order valence-corrected chi connectivity index (χ1v) is 50.6. The topological polar surface area (TPSA) is 9.23 Å². The van der Waals surface area contributed by atoms with E-state index in [2.05, 4.69) is 11.7 Å². The highest BCUT2D eigenvalue weighted by Gasteiger charge is 2.02. The Labute approximate surface area is 339 Å². The Hall–Kier alpha value is 11.9. The highest BCUT2D eigenvalue weighted by molar-refractivity contribution is 9.61. The molecule has 0 heterocycles. The van der Waals surface area contributed by atoms with Gasteiger partial charge >= 0.3 is 0 Å². The molecule has 35 heteroatoms. The lowest BCUT2D eigenvalue weighted by molar-refractivity contribution is 0.498. The summed E-state index contributed by atoms with van der Waals surface area (Å²) >= 11 is 5.48. The van der Waals surface area contributed by atoms with Gasteiger partial charge in [-0.2, -0.15) is 0 Å². The molecule has 0 atom stereocenters. The molecule has 0 saturated carbocycles. The lowest BCUT2D eigenvalue weighted by atomic mass is 11.8. The molecule has 0 N–H and O–H groups in total. The van der Waals surface area contributed by atoms with Crippen LogP contribution >= 0.6 is 337 Å². The van der Waals surface area contributed by atoms with Crippen LogP contribution < -0.4 is 0 Å². The van der Waals surface area contributed by atoms with Gasteiger partial charge in [0.05, 0.1) is 18.2 Å². The van der Waals surface area contributed by atoms with E-state index in [0.717, 1.165) is 0 Å². The van der Waals surface area contributed by atoms with Crippen LogP contribution in [-0.4, -0.2) is 7.11 Å². The number of rotatable bonds is 33. The van der Waals surface area contributed by atoms with Crippen LogP contribution in [-0.2, 0) is 4.18 Å². The molecular weight excluding hydrogens is 1120 g/mol. The van der Waals surface area contributed by atoms with E-state index < -0.39 is 0 Å². The van der Waals surface area contributed by atoms with Crippen LogP contribution in [0.2, 0.25) is 0 Å². The molecule has 0 unspecified atom stereocenters. The summed E-state index contributed by atoms with van der Waals surface area (Å²) in [6, 6.07) is 0. The maximum Gasteiger partial charge on any atom is 0.0746 e. The Morgan fingerprint density at radius 2 is 0.444 bits per heavy atom. The third-order valence-corrected chi connectivity index (χ3v) is 71.3. The van der Waals surface area contributed by atoms with Crippen molar-refractivity contribution in [2.45, 2.75) is 0 Å². The summed E-state index contributed by atoms with van der Waals surface area (Å²) in [5, 5.41) is 0. The van der Waals surface area contributed by atoms with Crippen LogP contribution in [0.25, 0.3) is 0 Å². The quantitative estimate of drug-likeness (QED) is 0.0289. The van der Waals surface area contributed by atoms with Gasteiger partial charge in [0.2, 0.25) is 0 Å². The van der Waals surface area contributed by atoms with Gasteiger partial charge in [-0.1, -0.05) is 11.7 Å². The van der Waals surface area contributed by atoms with Crippen LogP contribution in [0.3, 0.4) is 0 Å². The summed E-state index contributed by atoms with van der Waals surface area (Å²) < 4.78 is 4.90. The van der Waals surface area contributed by atoms with Crippen molar-refractivity contribution in [2.75, 3.05) is 7.11 Å². The van der Waals surface area contributed by atoms with Crippen molar-refractivity contribution < 1.29 is 4.18 Å². The summed E-state index contributed by atoms with van der Waals surface area (Å²) in [7, 11) is 58.8. The second-order valence-electron chi connectivity index (χ2n) is 2.42. The van der Waals surface area contributed by atoms with E-state index >= 15 is 0 Å². The predicted molar refractivity (Wildman–Crippen MR) is 266 cm³/mol. The summed E-state index contributed by atoms with van der Waals surface area (Å²) in [5.74, 6) is 0. The highest BCUT2D eigenvalue weighted by Crippen LogP contribution is 2.67. The predicted octanol–water partition coefficient (Wildman–Crippen LogP) is 21.9. The van der Waals surface area contributed by atoms with Crippen molar-refractivity contribution in [3.8, 4) is 0 Å². The Bertz CT molecular complexity index is 325. The lowest BCUT2D eigenvalue weighted by Gasteiger charge is -1.99. The van der Waals surface area contributed by atoms with Crippen LogP contribution in [0.4, 0.5) is 0 Å². The van der Waals surface area contributed by atoms with Gasteiger partial charge < -0.3 is 4.18 Å². The molecule has 0 bridgehead atoms. The maximum absolute atomic E-state index is 4.90. The van der Waals surface area contributed by atoms with Gasteiger partial charge in [0, 0.05) is 236 Å². The molecule has 0 rings (SSSR count). The molecule has 36 heavy (non-hydrogen) atoms. The Kier molecular flexibility index (Phi) is 62.3. The molecule has 0 amide bonds. The minimum Gasteiger partial charge on any atom is -0.308 e. The summed E-state index contributed by atoms with van der Waals surface area (Å²) in [6.45, 7) is 0. The van der Waals surface area contributed by atoms with Crippen molar-refractivity contribution in [1.82, 2.24) is 0 Å². The standard InChI is InChI=1S/CH4OS34/c1-2-4-6-8-10-12-14-16-18-20-22-24-26-28-30-32-34-36-35-33-31-29-27-25-23-21-19-17-15-13-11-9-7-5-3/h3H,1H3. The molecule has 0 aliphatic carbocycles. The molecule has 0 spiro atoms. The van der Waals surface area contributed by atoms with Gasteiger partial charge in [0.15, 0.2) is 0 Å². The molecule has 0 aliphatic rings. The summed E-state index contributed by atoms with van der Waals surface area (Å²) in [6.07, 6.45) is 0.